The third-order valence-electron chi connectivity index (χ3n) is 4.20. The Balaban J connectivity index is 2.15. The molecule has 2 amide bonds. The zero-order chi connectivity index (χ0) is 20.7. The fourth-order valence-electron chi connectivity index (χ4n) is 2.65. The molecule has 0 aliphatic carbocycles. The van der Waals surface area contributed by atoms with Crippen LogP contribution >= 0.6 is 15.9 Å². The van der Waals surface area contributed by atoms with E-state index in [0.717, 1.165) is 4.47 Å². The van der Waals surface area contributed by atoms with Gasteiger partial charge in [0.15, 0.2) is 0 Å². The van der Waals surface area contributed by atoms with E-state index in [4.69, 9.17) is 4.74 Å². The van der Waals surface area contributed by atoms with Crippen LogP contribution in [0.1, 0.15) is 48.4 Å². The Bertz CT molecular complexity index is 815. The van der Waals surface area contributed by atoms with Gasteiger partial charge in [-0.1, -0.05) is 29.8 Å². The molecular weight excluding hydrogens is 420 g/mol. The highest BCUT2D eigenvalue weighted by Crippen LogP contribution is 2.25. The molecule has 0 aliphatic rings. The maximum Gasteiger partial charge on any atom is 0.259 e. The summed E-state index contributed by atoms with van der Waals surface area (Å²) in [7, 11) is 0. The zero-order valence-electron chi connectivity index (χ0n) is 16.8. The summed E-state index contributed by atoms with van der Waals surface area (Å²) in [5.41, 5.74) is 1.68. The molecule has 150 valence electrons. The summed E-state index contributed by atoms with van der Waals surface area (Å²) >= 11 is 3.40. The minimum Gasteiger partial charge on any atom is -0.492 e. The summed E-state index contributed by atoms with van der Waals surface area (Å²) in [5.74, 6) is 0.625. The Morgan fingerprint density at radius 2 is 1.71 bits per heavy atom. The molecule has 2 aromatic rings. The van der Waals surface area contributed by atoms with Crippen molar-refractivity contribution in [1.82, 2.24) is 4.90 Å². The molecule has 2 aromatic carbocycles. The molecule has 0 radical (unpaired) electrons. The van der Waals surface area contributed by atoms with Gasteiger partial charge in [-0.2, -0.15) is 0 Å². The van der Waals surface area contributed by atoms with Crippen LogP contribution in [0.5, 0.6) is 5.75 Å². The van der Waals surface area contributed by atoms with E-state index in [1.165, 1.54) is 0 Å². The summed E-state index contributed by atoms with van der Waals surface area (Å²) in [6.45, 7) is 9.87. The molecule has 0 spiro atoms. The molecule has 0 bridgehead atoms. The molecule has 0 atom stereocenters. The molecule has 0 aliphatic heterocycles. The predicted molar refractivity (Wildman–Crippen MR) is 116 cm³/mol. The summed E-state index contributed by atoms with van der Waals surface area (Å²) < 4.78 is 6.58. The van der Waals surface area contributed by atoms with Crippen LogP contribution in [0.4, 0.5) is 5.69 Å². The molecule has 0 fully saturated rings. The van der Waals surface area contributed by atoms with Crippen LogP contribution in [0, 0.1) is 5.92 Å². The third kappa shape index (κ3) is 5.83. The highest BCUT2D eigenvalue weighted by molar-refractivity contribution is 9.10. The van der Waals surface area contributed by atoms with Gasteiger partial charge in [-0.25, -0.2) is 0 Å². The van der Waals surface area contributed by atoms with Crippen molar-refractivity contribution in [3.63, 3.8) is 0 Å². The average molecular weight is 447 g/mol. The number of nitrogens with one attached hydrogen (secondary N) is 1. The van der Waals surface area contributed by atoms with Gasteiger partial charge in [0.25, 0.3) is 11.8 Å². The van der Waals surface area contributed by atoms with Crippen molar-refractivity contribution in [2.75, 3.05) is 25.0 Å². The predicted octanol–water partition coefficient (Wildman–Crippen LogP) is 5.22. The Hall–Kier alpha value is -2.34. The zero-order valence-corrected chi connectivity index (χ0v) is 18.4. The van der Waals surface area contributed by atoms with Gasteiger partial charge in [0.05, 0.1) is 12.2 Å². The number of carbonyl (C=O) groups excluding carboxylic acids is 2. The fraction of sp³-hybridized carbons (Fsp3) is 0.364. The van der Waals surface area contributed by atoms with Crippen LogP contribution < -0.4 is 10.1 Å². The Morgan fingerprint density at radius 3 is 2.29 bits per heavy atom. The number of carbonyl (C=O) groups is 2. The first kappa shape index (κ1) is 22.0. The van der Waals surface area contributed by atoms with Crippen molar-refractivity contribution < 1.29 is 14.3 Å². The van der Waals surface area contributed by atoms with Crippen LogP contribution in [0.15, 0.2) is 46.9 Å². The van der Waals surface area contributed by atoms with Gasteiger partial charge in [-0.15, -0.1) is 0 Å². The molecule has 2 rings (SSSR count). The first-order valence-electron chi connectivity index (χ1n) is 9.48. The van der Waals surface area contributed by atoms with Crippen LogP contribution in [-0.4, -0.2) is 36.4 Å². The average Bonchev–Trinajstić information content (AvgIpc) is 2.68. The number of ether oxygens (including phenoxy) is 1. The van der Waals surface area contributed by atoms with Crippen molar-refractivity contribution in [3.05, 3.63) is 58.1 Å². The lowest BCUT2D eigenvalue weighted by Gasteiger charge is -2.18. The minimum atomic E-state index is -0.261. The number of halogens is 1. The molecule has 0 unspecified atom stereocenters. The summed E-state index contributed by atoms with van der Waals surface area (Å²) in [5, 5.41) is 2.87. The van der Waals surface area contributed by atoms with Crippen LogP contribution in [0.2, 0.25) is 0 Å². The quantitative estimate of drug-likeness (QED) is 0.604. The molecule has 28 heavy (non-hydrogen) atoms. The molecule has 6 heteroatoms. The summed E-state index contributed by atoms with van der Waals surface area (Å²) in [6, 6.07) is 12.3. The van der Waals surface area contributed by atoms with Gasteiger partial charge in [0.1, 0.15) is 5.75 Å². The van der Waals surface area contributed by atoms with E-state index < -0.39 is 0 Å². The Morgan fingerprint density at radius 1 is 1.07 bits per heavy atom. The third-order valence-corrected chi connectivity index (χ3v) is 4.69. The van der Waals surface area contributed by atoms with E-state index in [0.29, 0.717) is 48.2 Å². The van der Waals surface area contributed by atoms with Crippen molar-refractivity contribution in [3.8, 4) is 5.75 Å². The smallest absolute Gasteiger partial charge is 0.259 e. The first-order chi connectivity index (χ1) is 13.3. The van der Waals surface area contributed by atoms with Gasteiger partial charge in [-0.05, 0) is 62.2 Å². The van der Waals surface area contributed by atoms with E-state index in [1.54, 1.807) is 41.3 Å². The Labute approximate surface area is 175 Å². The standard InChI is InChI=1S/C22H27BrN2O3/c1-5-25(6-2)22(27)16-7-10-18(11-8-16)24-21(26)19-13-17(23)9-12-20(19)28-14-15(3)4/h7-13,15H,5-6,14H2,1-4H3,(H,24,26). The lowest BCUT2D eigenvalue weighted by molar-refractivity contribution is 0.0773. The second-order valence-corrected chi connectivity index (χ2v) is 7.77. The Kier molecular flexibility index (Phi) is 8.05. The number of hydrogen-bond donors (Lipinski definition) is 1. The van der Waals surface area contributed by atoms with Crippen LogP contribution in [-0.2, 0) is 0 Å². The van der Waals surface area contributed by atoms with Gasteiger partial charge >= 0.3 is 0 Å². The van der Waals surface area contributed by atoms with Gasteiger partial charge in [0.2, 0.25) is 0 Å². The lowest BCUT2D eigenvalue weighted by atomic mass is 10.1. The molecule has 0 saturated heterocycles. The van der Waals surface area contributed by atoms with Crippen molar-refractivity contribution in [1.29, 1.82) is 0 Å². The van der Waals surface area contributed by atoms with Gasteiger partial charge in [0, 0.05) is 28.8 Å². The maximum absolute atomic E-state index is 12.8. The second-order valence-electron chi connectivity index (χ2n) is 6.85. The molecule has 1 N–H and O–H groups in total. The fourth-order valence-corrected chi connectivity index (χ4v) is 3.01. The second kappa shape index (κ2) is 10.3. The molecule has 5 nitrogen and oxygen atoms in total. The van der Waals surface area contributed by atoms with Gasteiger partial charge < -0.3 is 15.0 Å². The number of rotatable bonds is 8. The van der Waals surface area contributed by atoms with Crippen molar-refractivity contribution >= 4 is 33.4 Å². The van der Waals surface area contributed by atoms with E-state index in [1.807, 2.05) is 19.9 Å². The molecule has 0 heterocycles. The van der Waals surface area contributed by atoms with Crippen LogP contribution in [0.3, 0.4) is 0 Å². The van der Waals surface area contributed by atoms with E-state index in [-0.39, 0.29) is 11.8 Å². The van der Waals surface area contributed by atoms with Crippen molar-refractivity contribution in [2.45, 2.75) is 27.7 Å². The number of anilines is 1. The minimum absolute atomic E-state index is 0.0146. The van der Waals surface area contributed by atoms with Crippen LogP contribution in [0.25, 0.3) is 0 Å². The number of amides is 2. The summed E-state index contributed by atoms with van der Waals surface area (Å²) in [4.78, 5) is 26.9. The topological polar surface area (TPSA) is 58.6 Å². The molecule has 0 saturated carbocycles. The number of hydrogen-bond acceptors (Lipinski definition) is 3. The number of benzene rings is 2. The largest absolute Gasteiger partial charge is 0.492 e. The number of nitrogens with zero attached hydrogens (tertiary/aromatic N) is 1. The van der Waals surface area contributed by atoms with Crippen molar-refractivity contribution in [2.24, 2.45) is 5.92 Å². The normalized spacial score (nSPS) is 10.6. The van der Waals surface area contributed by atoms with E-state index >= 15 is 0 Å². The maximum atomic E-state index is 12.8. The summed E-state index contributed by atoms with van der Waals surface area (Å²) in [6.07, 6.45) is 0. The first-order valence-corrected chi connectivity index (χ1v) is 10.3. The van der Waals surface area contributed by atoms with E-state index in [2.05, 4.69) is 35.1 Å². The molecule has 0 aromatic heterocycles. The van der Waals surface area contributed by atoms with E-state index in [9.17, 15) is 9.59 Å². The molecular formula is C22H27BrN2O3. The monoisotopic (exact) mass is 446 g/mol. The van der Waals surface area contributed by atoms with Gasteiger partial charge in [-0.3, -0.25) is 9.59 Å². The SMILES string of the molecule is CCN(CC)C(=O)c1ccc(NC(=O)c2cc(Br)ccc2OCC(C)C)cc1. The lowest BCUT2D eigenvalue weighted by Crippen LogP contribution is -2.30. The highest BCUT2D eigenvalue weighted by Gasteiger charge is 2.16. The highest BCUT2D eigenvalue weighted by atomic mass is 79.9.